The first kappa shape index (κ1) is 28.2. The molecule has 0 bridgehead atoms. The number of nitrogens with one attached hydrogen (secondary N) is 2. The van der Waals surface area contributed by atoms with Gasteiger partial charge in [0, 0.05) is 36.1 Å². The second kappa shape index (κ2) is 11.5. The van der Waals surface area contributed by atoms with Gasteiger partial charge in [0.1, 0.15) is 5.01 Å². The van der Waals surface area contributed by atoms with Crippen molar-refractivity contribution in [2.24, 2.45) is 0 Å². The van der Waals surface area contributed by atoms with Crippen molar-refractivity contribution in [3.05, 3.63) is 71.8 Å². The molecule has 3 aromatic carbocycles. The molecule has 1 heterocycles. The molecule has 1 aromatic heterocycles. The zero-order valence-electron chi connectivity index (χ0n) is 20.8. The van der Waals surface area contributed by atoms with Gasteiger partial charge in [0.25, 0.3) is 0 Å². The van der Waals surface area contributed by atoms with Crippen LogP contribution in [0.1, 0.15) is 51.2 Å². The van der Waals surface area contributed by atoms with Crippen molar-refractivity contribution in [3.8, 4) is 21.7 Å². The fourth-order valence-corrected chi connectivity index (χ4v) is 6.57. The minimum atomic E-state index is -0.917. The molecule has 7 nitrogen and oxygen atoms in total. The monoisotopic (exact) mass is 561 g/mol. The van der Waals surface area contributed by atoms with Crippen LogP contribution in [0.15, 0.2) is 60.7 Å². The Morgan fingerprint density at radius 2 is 1.59 bits per heavy atom. The highest BCUT2D eigenvalue weighted by Crippen LogP contribution is 2.55. The number of para-hydroxylation sites is 1. The molecule has 0 aliphatic heterocycles. The Labute approximate surface area is 236 Å². The highest BCUT2D eigenvalue weighted by molar-refractivity contribution is 7.80. The van der Waals surface area contributed by atoms with Crippen LogP contribution in [0, 0.1) is 0 Å². The maximum atomic E-state index is 11.8. The minimum absolute atomic E-state index is 0. The van der Waals surface area contributed by atoms with E-state index in [4.69, 9.17) is 17.2 Å². The first-order chi connectivity index (χ1) is 18.3. The van der Waals surface area contributed by atoms with Crippen LogP contribution in [0.2, 0.25) is 0 Å². The lowest BCUT2D eigenvalue weighted by Crippen LogP contribution is -2.29. The van der Waals surface area contributed by atoms with Crippen LogP contribution in [-0.4, -0.2) is 38.8 Å². The summed E-state index contributed by atoms with van der Waals surface area (Å²) in [4.78, 5) is 28.4. The lowest BCUT2D eigenvalue weighted by atomic mass is 9.71. The number of nitrogens with zero attached hydrogens (tertiary/aromatic N) is 1. The predicted molar refractivity (Wildman–Crippen MR) is 162 cm³/mol. The summed E-state index contributed by atoms with van der Waals surface area (Å²) in [6, 6.07) is 20.1. The van der Waals surface area contributed by atoms with E-state index in [9.17, 15) is 19.8 Å². The molecule has 0 fully saturated rings. The summed E-state index contributed by atoms with van der Waals surface area (Å²) in [5.41, 5.74) is 5.66. The van der Waals surface area contributed by atoms with Crippen molar-refractivity contribution in [1.29, 1.82) is 0 Å². The normalized spacial score (nSPS) is 12.7. The van der Waals surface area contributed by atoms with Gasteiger partial charge < -0.3 is 20.8 Å². The smallest absolute Gasteiger partial charge is 0.303 e. The molecule has 0 atom stereocenters. The number of aliphatic carboxylic acids is 2. The van der Waals surface area contributed by atoms with Gasteiger partial charge in [-0.2, -0.15) is 0 Å². The van der Waals surface area contributed by atoms with Gasteiger partial charge in [0.05, 0.1) is 10.2 Å². The predicted octanol–water partition coefficient (Wildman–Crippen LogP) is 6.90. The van der Waals surface area contributed by atoms with Crippen molar-refractivity contribution < 1.29 is 19.8 Å². The van der Waals surface area contributed by atoms with Crippen molar-refractivity contribution in [1.82, 2.24) is 10.3 Å². The van der Waals surface area contributed by atoms with E-state index in [1.807, 2.05) is 55.5 Å². The molecular formula is C30H31N3O4S2. The molecule has 0 saturated heterocycles. The zero-order chi connectivity index (χ0) is 26.9. The number of hydrogen-bond donors (Lipinski definition) is 4. The molecule has 9 heteroatoms. The van der Waals surface area contributed by atoms with Crippen molar-refractivity contribution in [3.63, 3.8) is 0 Å². The van der Waals surface area contributed by atoms with Gasteiger partial charge in [-0.05, 0) is 84.6 Å². The van der Waals surface area contributed by atoms with Gasteiger partial charge >= 0.3 is 11.9 Å². The molecule has 4 N–H and O–H groups in total. The van der Waals surface area contributed by atoms with E-state index in [-0.39, 0.29) is 33.1 Å². The molecule has 0 amide bonds. The Morgan fingerprint density at radius 1 is 0.949 bits per heavy atom. The molecule has 4 aromatic rings. The fraction of sp³-hybridized carbons (Fsp3) is 0.267. The second-order valence-electron chi connectivity index (χ2n) is 9.36. The molecule has 202 valence electrons. The van der Waals surface area contributed by atoms with Crippen LogP contribution in [0.25, 0.3) is 31.9 Å². The maximum Gasteiger partial charge on any atom is 0.303 e. The molecule has 5 rings (SSSR count). The topological polar surface area (TPSA) is 112 Å². The standard InChI is InChI=1S/C29H27N3O4S2.CH4/c1-2-30-28(37)31-18-8-10-20-19-9-7-17(27-32-23-5-3-4-6-24(23)38-27)15-21(19)29(22(20)16-18,13-11-25(33)34)14-12-26(35)36;/h3-10,15-16H,2,11-14H2,1H3,(H,33,34)(H,35,36)(H2,30,31,37);1H4. The summed E-state index contributed by atoms with van der Waals surface area (Å²) in [7, 11) is 0. The number of carbonyl (C=O) groups is 2. The van der Waals surface area contributed by atoms with E-state index < -0.39 is 17.4 Å². The average Bonchev–Trinajstić information content (AvgIpc) is 3.44. The van der Waals surface area contributed by atoms with Crippen molar-refractivity contribution in [2.45, 2.75) is 45.4 Å². The number of carboxylic acids is 2. The van der Waals surface area contributed by atoms with Crippen molar-refractivity contribution in [2.75, 3.05) is 11.9 Å². The minimum Gasteiger partial charge on any atom is -0.481 e. The fourth-order valence-electron chi connectivity index (χ4n) is 5.34. The number of anilines is 1. The average molecular weight is 562 g/mol. The third kappa shape index (κ3) is 5.51. The largest absolute Gasteiger partial charge is 0.481 e. The molecule has 0 unspecified atom stereocenters. The zero-order valence-corrected chi connectivity index (χ0v) is 22.4. The van der Waals surface area contributed by atoms with Gasteiger partial charge in [0.2, 0.25) is 0 Å². The van der Waals surface area contributed by atoms with E-state index in [1.54, 1.807) is 11.3 Å². The number of thiazole rings is 1. The summed E-state index contributed by atoms with van der Waals surface area (Å²) in [6.07, 6.45) is 0.384. The Hall–Kier alpha value is -3.82. The van der Waals surface area contributed by atoms with E-state index in [1.165, 1.54) is 0 Å². The van der Waals surface area contributed by atoms with Gasteiger partial charge in [0.15, 0.2) is 5.11 Å². The van der Waals surface area contributed by atoms with E-state index in [0.717, 1.165) is 48.7 Å². The van der Waals surface area contributed by atoms with Gasteiger partial charge in [-0.25, -0.2) is 4.98 Å². The van der Waals surface area contributed by atoms with Crippen LogP contribution in [0.5, 0.6) is 0 Å². The third-order valence-corrected chi connectivity index (χ3v) is 8.36. The van der Waals surface area contributed by atoms with Crippen LogP contribution < -0.4 is 10.6 Å². The lowest BCUT2D eigenvalue weighted by molar-refractivity contribution is -0.137. The third-order valence-electron chi connectivity index (χ3n) is 7.03. The van der Waals surface area contributed by atoms with Gasteiger partial charge in [-0.1, -0.05) is 37.8 Å². The Balaban J connectivity index is 0.00000353. The van der Waals surface area contributed by atoms with Crippen LogP contribution >= 0.6 is 23.6 Å². The van der Waals surface area contributed by atoms with E-state index in [0.29, 0.717) is 11.7 Å². The molecule has 39 heavy (non-hydrogen) atoms. The van der Waals surface area contributed by atoms with Gasteiger partial charge in [-0.3, -0.25) is 9.59 Å². The van der Waals surface area contributed by atoms with Crippen LogP contribution in [0.3, 0.4) is 0 Å². The lowest BCUT2D eigenvalue weighted by Gasteiger charge is -2.32. The highest BCUT2D eigenvalue weighted by atomic mass is 32.1. The van der Waals surface area contributed by atoms with E-state index >= 15 is 0 Å². The Morgan fingerprint density at radius 3 is 2.23 bits per heavy atom. The first-order valence-corrected chi connectivity index (χ1v) is 13.7. The number of thiocarbonyl (C=S) groups is 1. The SMILES string of the molecule is C.CCNC(=S)Nc1ccc2c(c1)C(CCC(=O)O)(CCC(=O)O)c1cc(-c3nc4ccccc4s3)ccc1-2. The summed E-state index contributed by atoms with van der Waals surface area (Å²) in [5.74, 6) is -1.83. The molecule has 0 saturated carbocycles. The van der Waals surface area contributed by atoms with Gasteiger partial charge in [-0.15, -0.1) is 11.3 Å². The number of rotatable bonds is 9. The number of aromatic nitrogens is 1. The van der Waals surface area contributed by atoms with Crippen LogP contribution in [-0.2, 0) is 15.0 Å². The quantitative estimate of drug-likeness (QED) is 0.163. The maximum absolute atomic E-state index is 11.8. The highest BCUT2D eigenvalue weighted by Gasteiger charge is 2.44. The Kier molecular flexibility index (Phi) is 8.32. The first-order valence-electron chi connectivity index (χ1n) is 12.4. The number of benzene rings is 3. The molecule has 0 spiro atoms. The summed E-state index contributed by atoms with van der Waals surface area (Å²) < 4.78 is 1.08. The Bertz CT molecular complexity index is 1510. The number of fused-ring (bicyclic) bond motifs is 4. The number of carboxylic acid groups (broad SMARTS) is 2. The number of hydrogen-bond acceptors (Lipinski definition) is 5. The molecule has 1 aliphatic rings. The summed E-state index contributed by atoms with van der Waals surface area (Å²) in [6.45, 7) is 2.64. The second-order valence-corrected chi connectivity index (χ2v) is 10.8. The summed E-state index contributed by atoms with van der Waals surface area (Å²) >= 11 is 6.98. The molecule has 1 aliphatic carbocycles. The van der Waals surface area contributed by atoms with Crippen LogP contribution in [0.4, 0.5) is 5.69 Å². The van der Waals surface area contributed by atoms with Crippen molar-refractivity contribution >= 4 is 56.5 Å². The summed E-state index contributed by atoms with van der Waals surface area (Å²) in [5, 5.41) is 26.9. The molecular weight excluding hydrogens is 530 g/mol. The van der Waals surface area contributed by atoms with E-state index in [2.05, 4.69) is 22.8 Å². The molecule has 0 radical (unpaired) electrons.